The summed E-state index contributed by atoms with van der Waals surface area (Å²) in [5.41, 5.74) is 2.19. The molecule has 0 atom stereocenters. The Kier molecular flexibility index (Phi) is 5.26. The molecule has 12 heavy (non-hydrogen) atoms. The molecule has 1 aromatic heterocycles. The van der Waals surface area contributed by atoms with E-state index in [4.69, 9.17) is 0 Å². The van der Waals surface area contributed by atoms with Gasteiger partial charge in [-0.1, -0.05) is 20.8 Å². The number of nitrogens with zero attached hydrogens (tertiary/aromatic N) is 2. The van der Waals surface area contributed by atoms with Crippen LogP contribution >= 0.6 is 0 Å². The lowest BCUT2D eigenvalue weighted by atomic mass is 10.3. The van der Waals surface area contributed by atoms with Crippen LogP contribution in [-0.4, -0.2) is 9.97 Å². The summed E-state index contributed by atoms with van der Waals surface area (Å²) in [6, 6.07) is 2.02. The van der Waals surface area contributed by atoms with Gasteiger partial charge in [0.1, 0.15) is 5.82 Å². The number of aromatic nitrogens is 2. The van der Waals surface area contributed by atoms with Crippen LogP contribution in [0.25, 0.3) is 0 Å². The largest absolute Gasteiger partial charge is 0.239 e. The van der Waals surface area contributed by atoms with Gasteiger partial charge in [0.25, 0.3) is 0 Å². The second-order valence-corrected chi connectivity index (χ2v) is 2.40. The van der Waals surface area contributed by atoms with Crippen LogP contribution in [0.2, 0.25) is 0 Å². The second-order valence-electron chi connectivity index (χ2n) is 2.40. The van der Waals surface area contributed by atoms with E-state index >= 15 is 0 Å². The summed E-state index contributed by atoms with van der Waals surface area (Å²) in [7, 11) is 0. The average Bonchev–Trinajstić information content (AvgIpc) is 2.06. The van der Waals surface area contributed by atoms with Crippen molar-refractivity contribution in [2.24, 2.45) is 0 Å². The third-order valence-corrected chi connectivity index (χ3v) is 1.38. The van der Waals surface area contributed by atoms with Gasteiger partial charge in [-0.15, -0.1) is 0 Å². The van der Waals surface area contributed by atoms with Crippen molar-refractivity contribution in [3.63, 3.8) is 0 Å². The fourth-order valence-electron chi connectivity index (χ4n) is 0.975. The fraction of sp³-hybridized carbons (Fsp3) is 0.600. The minimum atomic E-state index is 0.872. The Hall–Kier alpha value is -0.920. The van der Waals surface area contributed by atoms with E-state index in [1.54, 1.807) is 0 Å². The summed E-state index contributed by atoms with van der Waals surface area (Å²) in [5.74, 6) is 0.872. The van der Waals surface area contributed by atoms with E-state index in [0.29, 0.717) is 0 Å². The van der Waals surface area contributed by atoms with Crippen LogP contribution in [-0.2, 0) is 6.42 Å². The van der Waals surface area contributed by atoms with E-state index < -0.39 is 0 Å². The molecule has 0 bridgehead atoms. The lowest BCUT2D eigenvalue weighted by Gasteiger charge is -1.98. The summed E-state index contributed by atoms with van der Waals surface area (Å²) >= 11 is 0. The van der Waals surface area contributed by atoms with Crippen molar-refractivity contribution >= 4 is 0 Å². The molecule has 0 unspecified atom stereocenters. The first-order valence-corrected chi connectivity index (χ1v) is 4.53. The maximum absolute atomic E-state index is 4.24. The van der Waals surface area contributed by atoms with Crippen molar-refractivity contribution in [2.75, 3.05) is 0 Å². The first kappa shape index (κ1) is 11.1. The zero-order valence-electron chi connectivity index (χ0n) is 8.68. The van der Waals surface area contributed by atoms with Crippen LogP contribution in [0.1, 0.15) is 38.0 Å². The Morgan fingerprint density at radius 2 is 1.75 bits per heavy atom. The first-order valence-electron chi connectivity index (χ1n) is 4.53. The molecule has 2 heteroatoms. The molecule has 1 aromatic rings. The van der Waals surface area contributed by atoms with Crippen molar-refractivity contribution < 1.29 is 0 Å². The Bertz CT molecular complexity index is 211. The molecular weight excluding hydrogens is 148 g/mol. The maximum atomic E-state index is 4.24. The van der Waals surface area contributed by atoms with Crippen molar-refractivity contribution in [1.82, 2.24) is 9.97 Å². The van der Waals surface area contributed by atoms with E-state index in [2.05, 4.69) is 16.9 Å². The Morgan fingerprint density at radius 1 is 1.17 bits per heavy atom. The van der Waals surface area contributed by atoms with Gasteiger partial charge in [0.15, 0.2) is 0 Å². The van der Waals surface area contributed by atoms with E-state index in [-0.39, 0.29) is 0 Å². The van der Waals surface area contributed by atoms with Gasteiger partial charge in [0.2, 0.25) is 0 Å². The molecule has 2 nitrogen and oxygen atoms in total. The lowest BCUT2D eigenvalue weighted by Crippen LogP contribution is -1.95. The van der Waals surface area contributed by atoms with Gasteiger partial charge in [-0.25, -0.2) is 9.97 Å². The van der Waals surface area contributed by atoms with Gasteiger partial charge in [-0.05, 0) is 26.3 Å². The Morgan fingerprint density at radius 3 is 2.17 bits per heavy atom. The quantitative estimate of drug-likeness (QED) is 0.641. The molecule has 0 radical (unpaired) electrons. The van der Waals surface area contributed by atoms with E-state index in [1.807, 2.05) is 33.8 Å². The Labute approximate surface area is 75.1 Å². The summed E-state index contributed by atoms with van der Waals surface area (Å²) < 4.78 is 0. The molecule has 0 aromatic carbocycles. The smallest absolute Gasteiger partial charge is 0.125 e. The van der Waals surface area contributed by atoms with Crippen LogP contribution < -0.4 is 0 Å². The first-order chi connectivity index (χ1) is 5.72. The number of hydrogen-bond donors (Lipinski definition) is 0. The molecule has 0 aliphatic heterocycles. The van der Waals surface area contributed by atoms with E-state index in [1.165, 1.54) is 0 Å². The van der Waals surface area contributed by atoms with Gasteiger partial charge in [0, 0.05) is 11.4 Å². The molecule has 0 aliphatic rings. The van der Waals surface area contributed by atoms with Crippen molar-refractivity contribution in [2.45, 2.75) is 41.0 Å². The third-order valence-electron chi connectivity index (χ3n) is 1.38. The minimum absolute atomic E-state index is 0.872. The van der Waals surface area contributed by atoms with Crippen LogP contribution in [0.4, 0.5) is 0 Å². The fourth-order valence-corrected chi connectivity index (χ4v) is 0.975. The predicted molar refractivity (Wildman–Crippen MR) is 52.2 cm³/mol. The van der Waals surface area contributed by atoms with Gasteiger partial charge >= 0.3 is 0 Å². The summed E-state index contributed by atoms with van der Waals surface area (Å²) in [6.07, 6.45) is 0.990. The van der Waals surface area contributed by atoms with Crippen molar-refractivity contribution in [1.29, 1.82) is 0 Å². The molecule has 68 valence electrons. The van der Waals surface area contributed by atoms with Gasteiger partial charge in [-0.2, -0.15) is 0 Å². The topological polar surface area (TPSA) is 25.8 Å². The van der Waals surface area contributed by atoms with Gasteiger partial charge in [0.05, 0.1) is 0 Å². The van der Waals surface area contributed by atoms with E-state index in [0.717, 1.165) is 23.6 Å². The number of rotatable bonds is 1. The molecule has 0 amide bonds. The molecule has 0 fully saturated rings. The molecule has 1 heterocycles. The van der Waals surface area contributed by atoms with Gasteiger partial charge < -0.3 is 0 Å². The Balaban J connectivity index is 0.000000561. The van der Waals surface area contributed by atoms with Gasteiger partial charge in [-0.3, -0.25) is 0 Å². The van der Waals surface area contributed by atoms with Crippen LogP contribution in [0, 0.1) is 13.8 Å². The molecule has 0 spiro atoms. The van der Waals surface area contributed by atoms with Crippen molar-refractivity contribution in [3.05, 3.63) is 23.3 Å². The monoisotopic (exact) mass is 166 g/mol. The zero-order valence-corrected chi connectivity index (χ0v) is 8.68. The highest BCUT2D eigenvalue weighted by Crippen LogP contribution is 1.99. The normalized spacial score (nSPS) is 8.75. The highest BCUT2D eigenvalue weighted by molar-refractivity contribution is 5.08. The molecule has 1 rings (SSSR count). The van der Waals surface area contributed by atoms with Crippen LogP contribution in [0.5, 0.6) is 0 Å². The molecule has 0 aliphatic carbocycles. The summed E-state index contributed by atoms with van der Waals surface area (Å²) in [4.78, 5) is 8.41. The molecule has 0 saturated heterocycles. The standard InChI is InChI=1S/C8H12N2.C2H6/c1-4-8-5-6(2)9-7(3)10-8;1-2/h5H,4H2,1-3H3;1-2H3. The molecule has 0 saturated carbocycles. The van der Waals surface area contributed by atoms with Crippen LogP contribution in [0.3, 0.4) is 0 Å². The SMILES string of the molecule is CC.CCc1cc(C)nc(C)n1. The minimum Gasteiger partial charge on any atom is -0.239 e. The van der Waals surface area contributed by atoms with Crippen molar-refractivity contribution in [3.8, 4) is 0 Å². The average molecular weight is 166 g/mol. The zero-order chi connectivity index (χ0) is 9.56. The second kappa shape index (κ2) is 5.70. The highest BCUT2D eigenvalue weighted by atomic mass is 14.9. The predicted octanol–water partition coefficient (Wildman–Crippen LogP) is 2.68. The lowest BCUT2D eigenvalue weighted by molar-refractivity contribution is 0.926. The van der Waals surface area contributed by atoms with Crippen LogP contribution in [0.15, 0.2) is 6.07 Å². The van der Waals surface area contributed by atoms with E-state index in [9.17, 15) is 0 Å². The summed E-state index contributed by atoms with van der Waals surface area (Å²) in [6.45, 7) is 10.0. The molecular formula is C10H18N2. The molecule has 0 N–H and O–H groups in total. The number of hydrogen-bond acceptors (Lipinski definition) is 2. The number of aryl methyl sites for hydroxylation is 3. The highest BCUT2D eigenvalue weighted by Gasteiger charge is 1.93. The maximum Gasteiger partial charge on any atom is 0.125 e. The third kappa shape index (κ3) is 3.46. The summed E-state index contributed by atoms with van der Waals surface area (Å²) in [5, 5.41) is 0.